The van der Waals surface area contributed by atoms with Gasteiger partial charge in [0.15, 0.2) is 0 Å². The van der Waals surface area contributed by atoms with Gasteiger partial charge >= 0.3 is 0 Å². The maximum absolute atomic E-state index is 11.9. The molecule has 2 N–H and O–H groups in total. The molecule has 3 rings (SSSR count). The number of hydrogen-bond acceptors (Lipinski definition) is 3. The molecule has 0 bridgehead atoms. The zero-order valence-corrected chi connectivity index (χ0v) is 13.0. The van der Waals surface area contributed by atoms with Crippen molar-refractivity contribution in [3.63, 3.8) is 0 Å². The lowest BCUT2D eigenvalue weighted by molar-refractivity contribution is -0.121. The van der Waals surface area contributed by atoms with E-state index in [-0.39, 0.29) is 11.8 Å². The van der Waals surface area contributed by atoms with Crippen molar-refractivity contribution in [1.29, 1.82) is 0 Å². The van der Waals surface area contributed by atoms with Gasteiger partial charge in [0.1, 0.15) is 0 Å². The lowest BCUT2D eigenvalue weighted by atomic mass is 10.0. The van der Waals surface area contributed by atoms with Gasteiger partial charge in [-0.1, -0.05) is 26.0 Å². The summed E-state index contributed by atoms with van der Waals surface area (Å²) in [7, 11) is 0. The number of benzene rings is 1. The van der Waals surface area contributed by atoms with E-state index in [1.54, 1.807) is 0 Å². The van der Waals surface area contributed by atoms with Gasteiger partial charge in [0.25, 0.3) is 0 Å². The highest BCUT2D eigenvalue weighted by molar-refractivity contribution is 5.93. The van der Waals surface area contributed by atoms with Crippen LogP contribution in [0.3, 0.4) is 0 Å². The second-order valence-corrected chi connectivity index (χ2v) is 6.27. The summed E-state index contributed by atoms with van der Waals surface area (Å²) in [6.07, 6.45) is 3.95. The van der Waals surface area contributed by atoms with Crippen LogP contribution in [0.15, 0.2) is 36.7 Å². The fourth-order valence-corrected chi connectivity index (χ4v) is 2.45. The Labute approximate surface area is 130 Å². The fourth-order valence-electron chi connectivity index (χ4n) is 2.45. The normalized spacial score (nSPS) is 14.9. The number of nitrogens with zero attached hydrogens (tertiary/aromatic N) is 2. The molecular formula is C17H22N4O. The molecule has 5 nitrogen and oxygen atoms in total. The van der Waals surface area contributed by atoms with E-state index in [0.29, 0.717) is 5.92 Å². The van der Waals surface area contributed by atoms with Crippen molar-refractivity contribution in [2.45, 2.75) is 20.4 Å². The zero-order valence-electron chi connectivity index (χ0n) is 13.0. The van der Waals surface area contributed by atoms with E-state index in [1.165, 1.54) is 0 Å². The summed E-state index contributed by atoms with van der Waals surface area (Å²) >= 11 is 0. The molecule has 1 aliphatic rings. The van der Waals surface area contributed by atoms with Gasteiger partial charge in [-0.15, -0.1) is 0 Å². The van der Waals surface area contributed by atoms with Gasteiger partial charge in [-0.2, -0.15) is 5.10 Å². The van der Waals surface area contributed by atoms with Crippen LogP contribution in [-0.4, -0.2) is 28.8 Å². The largest absolute Gasteiger partial charge is 0.326 e. The second kappa shape index (κ2) is 6.32. The van der Waals surface area contributed by atoms with Crippen molar-refractivity contribution in [2.75, 3.05) is 18.4 Å². The van der Waals surface area contributed by atoms with E-state index in [4.69, 9.17) is 0 Å². The first-order valence-electron chi connectivity index (χ1n) is 7.76. The van der Waals surface area contributed by atoms with E-state index in [2.05, 4.69) is 35.8 Å². The van der Waals surface area contributed by atoms with E-state index < -0.39 is 0 Å². The Bertz CT molecular complexity index is 641. The molecule has 1 aromatic heterocycles. The average molecular weight is 298 g/mol. The van der Waals surface area contributed by atoms with Crippen LogP contribution in [0.25, 0.3) is 11.1 Å². The molecule has 1 amide bonds. The first-order chi connectivity index (χ1) is 10.6. The van der Waals surface area contributed by atoms with E-state index in [9.17, 15) is 4.79 Å². The van der Waals surface area contributed by atoms with Crippen molar-refractivity contribution < 1.29 is 4.79 Å². The predicted octanol–water partition coefficient (Wildman–Crippen LogP) is 2.36. The average Bonchev–Trinajstić information content (AvgIpc) is 2.85. The van der Waals surface area contributed by atoms with Crippen LogP contribution < -0.4 is 10.6 Å². The topological polar surface area (TPSA) is 59.0 Å². The minimum absolute atomic E-state index is 0.0938. The standard InChI is InChI=1S/C17H22N4O/c1-12(2)10-21-11-15(9-19-21)13-3-5-16(6-4-13)20-17(22)14-7-18-8-14/h3-6,9,11-12,14,18H,7-8,10H2,1-2H3,(H,20,22). The minimum Gasteiger partial charge on any atom is -0.326 e. The summed E-state index contributed by atoms with van der Waals surface area (Å²) in [4.78, 5) is 11.9. The van der Waals surface area contributed by atoms with Crippen LogP contribution in [0.1, 0.15) is 13.8 Å². The number of amides is 1. The number of rotatable bonds is 5. The molecular weight excluding hydrogens is 276 g/mol. The van der Waals surface area contributed by atoms with Crippen LogP contribution in [0.5, 0.6) is 0 Å². The molecule has 1 fully saturated rings. The SMILES string of the molecule is CC(C)Cn1cc(-c2ccc(NC(=O)C3CNC3)cc2)cn1. The Morgan fingerprint density at radius 2 is 2.05 bits per heavy atom. The highest BCUT2D eigenvalue weighted by atomic mass is 16.2. The Kier molecular flexibility index (Phi) is 4.24. The summed E-state index contributed by atoms with van der Waals surface area (Å²) in [6, 6.07) is 7.93. The van der Waals surface area contributed by atoms with Gasteiger partial charge in [-0.25, -0.2) is 0 Å². The number of nitrogens with one attached hydrogen (secondary N) is 2. The predicted molar refractivity (Wildman–Crippen MR) is 87.5 cm³/mol. The third-order valence-corrected chi connectivity index (χ3v) is 3.82. The molecule has 0 saturated carbocycles. The molecule has 0 unspecified atom stereocenters. The number of aromatic nitrogens is 2. The molecule has 0 aliphatic carbocycles. The monoisotopic (exact) mass is 298 g/mol. The summed E-state index contributed by atoms with van der Waals surface area (Å²) in [6.45, 7) is 6.83. The van der Waals surface area contributed by atoms with Gasteiger partial charge < -0.3 is 10.6 Å². The van der Waals surface area contributed by atoms with Gasteiger partial charge in [0.05, 0.1) is 12.1 Å². The number of hydrogen-bond donors (Lipinski definition) is 2. The molecule has 0 radical (unpaired) electrons. The molecule has 1 aliphatic heterocycles. The quantitative estimate of drug-likeness (QED) is 0.891. The van der Waals surface area contributed by atoms with Gasteiger partial charge in [-0.05, 0) is 23.6 Å². The summed E-state index contributed by atoms with van der Waals surface area (Å²) < 4.78 is 1.97. The van der Waals surface area contributed by atoms with Crippen molar-refractivity contribution in [3.05, 3.63) is 36.7 Å². The van der Waals surface area contributed by atoms with Crippen LogP contribution in [-0.2, 0) is 11.3 Å². The zero-order chi connectivity index (χ0) is 15.5. The number of anilines is 1. The highest BCUT2D eigenvalue weighted by Gasteiger charge is 2.24. The van der Waals surface area contributed by atoms with Crippen molar-refractivity contribution in [3.8, 4) is 11.1 Å². The summed E-state index contributed by atoms with van der Waals surface area (Å²) in [5, 5.41) is 10.4. The molecule has 0 spiro atoms. The third-order valence-electron chi connectivity index (χ3n) is 3.82. The van der Waals surface area contributed by atoms with Gasteiger partial charge in [0, 0.05) is 37.1 Å². The molecule has 5 heteroatoms. The molecule has 2 aromatic rings. The first-order valence-corrected chi connectivity index (χ1v) is 7.76. The van der Waals surface area contributed by atoms with E-state index >= 15 is 0 Å². The van der Waals surface area contributed by atoms with Crippen molar-refractivity contribution in [2.24, 2.45) is 11.8 Å². The Balaban J connectivity index is 1.65. The fraction of sp³-hybridized carbons (Fsp3) is 0.412. The van der Waals surface area contributed by atoms with Crippen molar-refractivity contribution >= 4 is 11.6 Å². The number of carbonyl (C=O) groups is 1. The number of carbonyl (C=O) groups excluding carboxylic acids is 1. The summed E-state index contributed by atoms with van der Waals surface area (Å²) in [5.74, 6) is 0.775. The highest BCUT2D eigenvalue weighted by Crippen LogP contribution is 2.21. The Morgan fingerprint density at radius 1 is 1.32 bits per heavy atom. The van der Waals surface area contributed by atoms with E-state index in [1.807, 2.05) is 35.1 Å². The lowest BCUT2D eigenvalue weighted by Crippen LogP contribution is -2.48. The Hall–Kier alpha value is -2.14. The maximum Gasteiger partial charge on any atom is 0.230 e. The molecule has 0 atom stereocenters. The maximum atomic E-state index is 11.9. The first kappa shape index (κ1) is 14.8. The van der Waals surface area contributed by atoms with Gasteiger partial charge in [-0.3, -0.25) is 9.48 Å². The van der Waals surface area contributed by atoms with Crippen LogP contribution >= 0.6 is 0 Å². The molecule has 116 valence electrons. The van der Waals surface area contributed by atoms with Gasteiger partial charge in [0.2, 0.25) is 5.91 Å². The minimum atomic E-state index is 0.0938. The summed E-state index contributed by atoms with van der Waals surface area (Å²) in [5.41, 5.74) is 3.05. The molecule has 1 saturated heterocycles. The van der Waals surface area contributed by atoms with Crippen LogP contribution in [0, 0.1) is 11.8 Å². The molecule has 2 heterocycles. The lowest BCUT2D eigenvalue weighted by Gasteiger charge is -2.25. The van der Waals surface area contributed by atoms with Crippen LogP contribution in [0.2, 0.25) is 0 Å². The van der Waals surface area contributed by atoms with E-state index in [0.717, 1.165) is 36.4 Å². The Morgan fingerprint density at radius 3 is 2.64 bits per heavy atom. The second-order valence-electron chi connectivity index (χ2n) is 6.27. The van der Waals surface area contributed by atoms with Crippen LogP contribution in [0.4, 0.5) is 5.69 Å². The van der Waals surface area contributed by atoms with Crippen molar-refractivity contribution in [1.82, 2.24) is 15.1 Å². The molecule has 22 heavy (non-hydrogen) atoms. The third kappa shape index (κ3) is 3.36. The molecule has 1 aromatic carbocycles. The smallest absolute Gasteiger partial charge is 0.230 e.